The van der Waals surface area contributed by atoms with Crippen molar-refractivity contribution in [2.75, 3.05) is 25.1 Å². The largest absolute Gasteiger partial charge is 0.465 e. The molecule has 0 N–H and O–H groups in total. The monoisotopic (exact) mass is 218 g/mol. The van der Waals surface area contributed by atoms with Gasteiger partial charge >= 0.3 is 5.97 Å². The fraction of sp³-hybridized carbons (Fsp3) is 0.333. The summed E-state index contributed by atoms with van der Waals surface area (Å²) in [5.41, 5.74) is 1.48. The Morgan fingerprint density at radius 3 is 2.56 bits per heavy atom. The van der Waals surface area contributed by atoms with Gasteiger partial charge in [0, 0.05) is 12.7 Å². The lowest BCUT2D eigenvalue weighted by atomic mass is 10.2. The summed E-state index contributed by atoms with van der Waals surface area (Å²) in [5.74, 6) is -0.251. The summed E-state index contributed by atoms with van der Waals surface area (Å²) in [6.07, 6.45) is 0. The molecule has 1 rings (SSSR count). The molecule has 0 amide bonds. The van der Waals surface area contributed by atoms with E-state index >= 15 is 0 Å². The summed E-state index contributed by atoms with van der Waals surface area (Å²) in [5, 5.41) is 0. The van der Waals surface area contributed by atoms with Crippen LogP contribution >= 0.6 is 0 Å². The van der Waals surface area contributed by atoms with Crippen LogP contribution in [0.5, 0.6) is 0 Å². The van der Waals surface area contributed by atoms with E-state index < -0.39 is 0 Å². The highest BCUT2D eigenvalue weighted by atomic mass is 16.5. The van der Waals surface area contributed by atoms with Gasteiger partial charge in [0.1, 0.15) is 6.54 Å². The fourth-order valence-corrected chi connectivity index (χ4v) is 1.27. The maximum absolute atomic E-state index is 11.2. The highest BCUT2D eigenvalue weighted by molar-refractivity contribution is 5.75. The van der Waals surface area contributed by atoms with Crippen LogP contribution < -0.4 is 4.90 Å². The van der Waals surface area contributed by atoms with E-state index in [-0.39, 0.29) is 12.5 Å². The molecule has 0 bridgehead atoms. The van der Waals surface area contributed by atoms with Crippen molar-refractivity contribution in [3.63, 3.8) is 0 Å². The van der Waals surface area contributed by atoms with Crippen molar-refractivity contribution >= 4 is 17.3 Å². The zero-order valence-corrected chi connectivity index (χ0v) is 9.43. The van der Waals surface area contributed by atoms with Crippen molar-refractivity contribution in [2.24, 2.45) is 0 Å². The van der Waals surface area contributed by atoms with E-state index in [2.05, 4.69) is 4.85 Å². The molecule has 0 aliphatic heterocycles. The van der Waals surface area contributed by atoms with E-state index in [9.17, 15) is 4.79 Å². The van der Waals surface area contributed by atoms with Crippen molar-refractivity contribution in [3.05, 3.63) is 35.7 Å². The highest BCUT2D eigenvalue weighted by Crippen LogP contribution is 2.18. The highest BCUT2D eigenvalue weighted by Gasteiger charge is 2.07. The molecule has 1 aromatic rings. The van der Waals surface area contributed by atoms with Crippen LogP contribution in [0, 0.1) is 6.57 Å². The Kier molecular flexibility index (Phi) is 4.34. The Hall–Kier alpha value is -2.02. The average molecular weight is 218 g/mol. The predicted octanol–water partition coefficient (Wildman–Crippen LogP) is 2.24. The van der Waals surface area contributed by atoms with Gasteiger partial charge in [-0.2, -0.15) is 0 Å². The van der Waals surface area contributed by atoms with Crippen molar-refractivity contribution < 1.29 is 9.53 Å². The van der Waals surface area contributed by atoms with Crippen LogP contribution in [0.3, 0.4) is 0 Å². The molecule has 84 valence electrons. The summed E-state index contributed by atoms with van der Waals surface area (Å²) in [4.78, 5) is 16.3. The minimum absolute atomic E-state index is 0.213. The van der Waals surface area contributed by atoms with Crippen molar-refractivity contribution in [2.45, 2.75) is 6.92 Å². The molecule has 0 unspecified atom stereocenters. The Morgan fingerprint density at radius 2 is 2.06 bits per heavy atom. The summed E-state index contributed by atoms with van der Waals surface area (Å²) in [6.45, 7) is 9.21. The Balaban J connectivity index is 2.63. The number of ether oxygens (including phenoxy) is 1. The molecule has 16 heavy (non-hydrogen) atoms. The molecule has 0 fully saturated rings. The lowest BCUT2D eigenvalue weighted by Crippen LogP contribution is -2.26. The number of anilines is 1. The summed E-state index contributed by atoms with van der Waals surface area (Å²) >= 11 is 0. The lowest BCUT2D eigenvalue weighted by Gasteiger charge is -2.17. The van der Waals surface area contributed by atoms with Gasteiger partial charge in [-0.15, -0.1) is 0 Å². The van der Waals surface area contributed by atoms with Crippen LogP contribution in [0.25, 0.3) is 4.85 Å². The first-order chi connectivity index (χ1) is 7.67. The molecule has 0 radical (unpaired) electrons. The molecule has 0 saturated heterocycles. The summed E-state index contributed by atoms with van der Waals surface area (Å²) in [7, 11) is 1.81. The minimum atomic E-state index is -0.251. The van der Waals surface area contributed by atoms with Gasteiger partial charge < -0.3 is 9.64 Å². The normalized spacial score (nSPS) is 9.31. The lowest BCUT2D eigenvalue weighted by molar-refractivity contribution is -0.141. The second kappa shape index (κ2) is 5.76. The molecule has 0 saturated carbocycles. The van der Waals surface area contributed by atoms with E-state index in [1.54, 1.807) is 24.0 Å². The standard InChI is InChI=1S/C12H14N2O2/c1-4-16-12(15)9-14(3)11-7-5-10(13-2)6-8-11/h5-8H,4,9H2,1,3H3. The van der Waals surface area contributed by atoms with Gasteiger partial charge in [-0.3, -0.25) is 4.79 Å². The van der Waals surface area contributed by atoms with E-state index in [0.29, 0.717) is 12.3 Å². The van der Waals surface area contributed by atoms with Crippen molar-refractivity contribution in [1.29, 1.82) is 0 Å². The van der Waals surface area contributed by atoms with E-state index in [4.69, 9.17) is 11.3 Å². The Morgan fingerprint density at radius 1 is 1.44 bits per heavy atom. The van der Waals surface area contributed by atoms with E-state index in [1.165, 1.54) is 0 Å². The van der Waals surface area contributed by atoms with Gasteiger partial charge in [0.25, 0.3) is 0 Å². The number of esters is 1. The molecule has 4 heteroatoms. The third kappa shape index (κ3) is 3.28. The molecular weight excluding hydrogens is 204 g/mol. The zero-order valence-electron chi connectivity index (χ0n) is 9.43. The van der Waals surface area contributed by atoms with Crippen LogP contribution in [-0.2, 0) is 9.53 Å². The molecule has 0 heterocycles. The molecule has 0 aromatic heterocycles. The number of carbonyl (C=O) groups excluding carboxylic acids is 1. The number of rotatable bonds is 4. The first-order valence-corrected chi connectivity index (χ1v) is 5.01. The van der Waals surface area contributed by atoms with Crippen molar-refractivity contribution in [3.8, 4) is 0 Å². The first kappa shape index (κ1) is 12.1. The predicted molar refractivity (Wildman–Crippen MR) is 62.6 cm³/mol. The maximum Gasteiger partial charge on any atom is 0.325 e. The van der Waals surface area contributed by atoms with Gasteiger partial charge in [0.2, 0.25) is 0 Å². The van der Waals surface area contributed by atoms with Crippen LogP contribution in [0.4, 0.5) is 11.4 Å². The Bertz CT molecular complexity index is 392. The van der Waals surface area contributed by atoms with Crippen LogP contribution in [-0.4, -0.2) is 26.2 Å². The molecule has 0 aliphatic rings. The van der Waals surface area contributed by atoms with Gasteiger partial charge in [0.05, 0.1) is 13.2 Å². The number of nitrogens with zero attached hydrogens (tertiary/aromatic N) is 2. The fourth-order valence-electron chi connectivity index (χ4n) is 1.27. The summed E-state index contributed by atoms with van der Waals surface area (Å²) in [6, 6.07) is 7.08. The van der Waals surface area contributed by atoms with E-state index in [0.717, 1.165) is 5.69 Å². The number of hydrogen-bond acceptors (Lipinski definition) is 3. The molecule has 0 aliphatic carbocycles. The number of hydrogen-bond donors (Lipinski definition) is 0. The number of carbonyl (C=O) groups is 1. The molecule has 4 nitrogen and oxygen atoms in total. The topological polar surface area (TPSA) is 33.9 Å². The molecular formula is C12H14N2O2. The number of benzene rings is 1. The first-order valence-electron chi connectivity index (χ1n) is 5.01. The molecule has 0 atom stereocenters. The maximum atomic E-state index is 11.2. The zero-order chi connectivity index (χ0) is 12.0. The smallest absolute Gasteiger partial charge is 0.325 e. The second-order valence-corrected chi connectivity index (χ2v) is 3.29. The summed E-state index contributed by atoms with van der Waals surface area (Å²) < 4.78 is 4.85. The second-order valence-electron chi connectivity index (χ2n) is 3.29. The van der Waals surface area contributed by atoms with Crippen LogP contribution in [0.15, 0.2) is 24.3 Å². The minimum Gasteiger partial charge on any atom is -0.465 e. The number of likely N-dealkylation sites (N-methyl/N-ethyl adjacent to an activating group) is 1. The van der Waals surface area contributed by atoms with Crippen LogP contribution in [0.1, 0.15) is 6.92 Å². The molecule has 0 spiro atoms. The SMILES string of the molecule is [C-]#[N+]c1ccc(N(C)CC(=O)OCC)cc1. The van der Waals surface area contributed by atoms with Gasteiger partial charge in [0.15, 0.2) is 5.69 Å². The Labute approximate surface area is 95.3 Å². The third-order valence-electron chi connectivity index (χ3n) is 2.09. The van der Waals surface area contributed by atoms with Crippen molar-refractivity contribution in [1.82, 2.24) is 0 Å². The van der Waals surface area contributed by atoms with Crippen LogP contribution in [0.2, 0.25) is 0 Å². The van der Waals surface area contributed by atoms with E-state index in [1.807, 2.05) is 19.2 Å². The quantitative estimate of drug-likeness (QED) is 0.574. The van der Waals surface area contributed by atoms with Gasteiger partial charge in [-0.25, -0.2) is 4.85 Å². The molecule has 1 aromatic carbocycles. The third-order valence-corrected chi connectivity index (χ3v) is 2.09. The average Bonchev–Trinajstić information content (AvgIpc) is 2.29. The van der Waals surface area contributed by atoms with Gasteiger partial charge in [-0.05, 0) is 19.1 Å². The van der Waals surface area contributed by atoms with Gasteiger partial charge in [-0.1, -0.05) is 12.1 Å².